The second-order valence-electron chi connectivity index (χ2n) is 10.8. The maximum Gasteiger partial charge on any atom is 1.00 e. The molecule has 0 aromatic carbocycles. The van der Waals surface area contributed by atoms with Gasteiger partial charge in [-0.05, 0) is 25.2 Å². The molecular formula is C29H54Li2O7S. The molecule has 0 saturated carbocycles. The van der Waals surface area contributed by atoms with E-state index in [1.807, 2.05) is 0 Å². The predicted molar refractivity (Wildman–Crippen MR) is 145 cm³/mol. The minimum atomic E-state index is -5.10. The first-order valence-corrected chi connectivity index (χ1v) is 16.5. The van der Waals surface area contributed by atoms with Crippen LogP contribution in [0.5, 0.6) is 0 Å². The third-order valence-corrected chi connectivity index (χ3v) is 9.31. The molecule has 0 fully saturated rings. The van der Waals surface area contributed by atoms with Crippen LogP contribution in [0.25, 0.3) is 0 Å². The summed E-state index contributed by atoms with van der Waals surface area (Å²) in [4.78, 5) is 23.6. The van der Waals surface area contributed by atoms with Crippen LogP contribution in [0.3, 0.4) is 0 Å². The smallest absolute Gasteiger partial charge is 0.550 e. The Kier molecular flexibility index (Phi) is 30.0. The van der Waals surface area contributed by atoms with E-state index in [9.17, 15) is 32.8 Å². The van der Waals surface area contributed by atoms with E-state index in [0.717, 1.165) is 51.4 Å². The Balaban J connectivity index is -0.00000648. The number of rotatable bonds is 27. The zero-order valence-corrected chi connectivity index (χ0v) is 26.5. The van der Waals surface area contributed by atoms with E-state index in [0.29, 0.717) is 12.8 Å². The number of aliphatic carboxylic acids is 2. The van der Waals surface area contributed by atoms with Crippen molar-refractivity contribution < 1.29 is 70.5 Å². The fourth-order valence-electron chi connectivity index (χ4n) is 5.37. The van der Waals surface area contributed by atoms with E-state index >= 15 is 0 Å². The summed E-state index contributed by atoms with van der Waals surface area (Å²) in [6, 6.07) is 0. The summed E-state index contributed by atoms with van der Waals surface area (Å²) in [5, 5.41) is 23.6. The van der Waals surface area contributed by atoms with Crippen molar-refractivity contribution in [1.82, 2.24) is 0 Å². The quantitative estimate of drug-likeness (QED) is 0.0832. The van der Waals surface area contributed by atoms with Gasteiger partial charge < -0.3 is 19.8 Å². The average molecular weight is 561 g/mol. The topological polar surface area (TPSA) is 135 Å². The summed E-state index contributed by atoms with van der Waals surface area (Å²) in [6.45, 7) is 4.36. The van der Waals surface area contributed by atoms with Crippen molar-refractivity contribution in [3.63, 3.8) is 0 Å². The maximum atomic E-state index is 12.4. The Bertz CT molecular complexity index is 704. The van der Waals surface area contributed by atoms with Crippen LogP contribution in [0.2, 0.25) is 0 Å². The van der Waals surface area contributed by atoms with Gasteiger partial charge in [0.15, 0.2) is 0 Å². The molecule has 39 heavy (non-hydrogen) atoms. The first-order chi connectivity index (χ1) is 17.6. The van der Waals surface area contributed by atoms with Gasteiger partial charge >= 0.3 is 37.7 Å². The standard InChI is InChI=1S/C29H56O7S.2Li/c1-3-5-7-9-11-13-15-17-19-21-23-26(25-27(30)31)29(28(32)33,37(34,35)36)24-22-20-18-16-14-12-10-8-6-4-2;;/h26H,3-25H2,1-2H3,(H,30,31)(H,32,33)(H,34,35,36);;/q;2*+1/p-2. The first kappa shape index (κ1) is 43.5. The van der Waals surface area contributed by atoms with Gasteiger partial charge in [-0.1, -0.05) is 142 Å². The van der Waals surface area contributed by atoms with Gasteiger partial charge in [-0.3, -0.25) is 4.55 Å². The van der Waals surface area contributed by atoms with Crippen molar-refractivity contribution in [2.24, 2.45) is 5.92 Å². The summed E-state index contributed by atoms with van der Waals surface area (Å²) in [5.41, 5.74) is 0. The van der Waals surface area contributed by atoms with Gasteiger partial charge in [0.25, 0.3) is 10.1 Å². The zero-order valence-electron chi connectivity index (χ0n) is 25.6. The van der Waals surface area contributed by atoms with Crippen molar-refractivity contribution in [2.75, 3.05) is 0 Å². The van der Waals surface area contributed by atoms with Gasteiger partial charge in [0, 0.05) is 5.97 Å². The monoisotopic (exact) mass is 560 g/mol. The molecule has 220 valence electrons. The normalized spacial score (nSPS) is 13.6. The Morgan fingerprint density at radius 3 is 1.28 bits per heavy atom. The number of carbonyl (C=O) groups is 2. The summed E-state index contributed by atoms with van der Waals surface area (Å²) >= 11 is 0. The van der Waals surface area contributed by atoms with Crippen molar-refractivity contribution in [3.8, 4) is 0 Å². The number of unbranched alkanes of at least 4 members (excludes halogenated alkanes) is 18. The van der Waals surface area contributed by atoms with Crippen molar-refractivity contribution >= 4 is 22.1 Å². The molecule has 10 heteroatoms. The van der Waals surface area contributed by atoms with E-state index in [1.165, 1.54) is 57.8 Å². The minimum Gasteiger partial charge on any atom is -0.550 e. The molecule has 0 aliphatic rings. The first-order valence-electron chi connectivity index (χ1n) is 15.0. The van der Waals surface area contributed by atoms with Gasteiger partial charge in [0.2, 0.25) is 0 Å². The number of carboxylic acids is 2. The van der Waals surface area contributed by atoms with Crippen molar-refractivity contribution in [1.29, 1.82) is 0 Å². The molecule has 0 bridgehead atoms. The van der Waals surface area contributed by atoms with Gasteiger partial charge in [-0.25, -0.2) is 0 Å². The van der Waals surface area contributed by atoms with Crippen LogP contribution in [0, 0.1) is 5.92 Å². The molecule has 0 saturated heterocycles. The number of carbonyl (C=O) groups excluding carboxylic acids is 2. The molecule has 2 unspecified atom stereocenters. The molecule has 2 atom stereocenters. The predicted octanol–water partition coefficient (Wildman–Crippen LogP) is -0.251. The fourth-order valence-corrected chi connectivity index (χ4v) is 6.61. The average Bonchev–Trinajstić information content (AvgIpc) is 2.82. The van der Waals surface area contributed by atoms with Gasteiger partial charge in [0.1, 0.15) is 4.75 Å². The Morgan fingerprint density at radius 1 is 0.641 bits per heavy atom. The van der Waals surface area contributed by atoms with Crippen LogP contribution in [-0.2, 0) is 19.7 Å². The van der Waals surface area contributed by atoms with E-state index in [2.05, 4.69) is 13.8 Å². The molecule has 1 N–H and O–H groups in total. The van der Waals surface area contributed by atoms with Crippen molar-refractivity contribution in [2.45, 2.75) is 166 Å². The molecular weight excluding hydrogens is 506 g/mol. The Morgan fingerprint density at radius 2 is 0.974 bits per heavy atom. The second kappa shape index (κ2) is 26.9. The van der Waals surface area contributed by atoms with Crippen LogP contribution in [0.1, 0.15) is 162 Å². The molecule has 0 rings (SSSR count). The summed E-state index contributed by atoms with van der Waals surface area (Å²) in [7, 11) is -5.10. The summed E-state index contributed by atoms with van der Waals surface area (Å²) in [5.74, 6) is -4.72. The zero-order chi connectivity index (χ0) is 28.0. The Labute approximate surface area is 263 Å². The molecule has 0 spiro atoms. The number of hydrogen-bond donors (Lipinski definition) is 1. The van der Waals surface area contributed by atoms with Crippen LogP contribution in [0.15, 0.2) is 0 Å². The SMILES string of the molecule is CCCCCCCCCCCCC(CC(=O)[O-])C(CCCCCCCCCCCC)(C(=O)[O-])S(=O)(=O)O.[Li+].[Li+]. The third-order valence-electron chi connectivity index (χ3n) is 7.69. The van der Waals surface area contributed by atoms with Gasteiger partial charge in [-0.15, -0.1) is 0 Å². The molecule has 0 aromatic rings. The third kappa shape index (κ3) is 19.7. The maximum absolute atomic E-state index is 12.4. The van der Waals surface area contributed by atoms with Crippen LogP contribution < -0.4 is 47.9 Å². The largest absolute Gasteiger partial charge is 1.00 e. The number of hydrogen-bond acceptors (Lipinski definition) is 6. The minimum absolute atomic E-state index is 0. The van der Waals surface area contributed by atoms with Gasteiger partial charge in [-0.2, -0.15) is 8.42 Å². The van der Waals surface area contributed by atoms with Crippen LogP contribution >= 0.6 is 0 Å². The molecule has 0 aliphatic heterocycles. The molecule has 7 nitrogen and oxygen atoms in total. The van der Waals surface area contributed by atoms with Gasteiger partial charge in [0.05, 0.1) is 5.97 Å². The van der Waals surface area contributed by atoms with E-state index in [1.54, 1.807) is 0 Å². The summed E-state index contributed by atoms with van der Waals surface area (Å²) in [6.07, 6.45) is 19.3. The van der Waals surface area contributed by atoms with E-state index < -0.39 is 39.1 Å². The molecule has 0 radical (unpaired) electrons. The molecule has 0 aromatic heterocycles. The second-order valence-corrected chi connectivity index (χ2v) is 12.5. The molecule has 0 aliphatic carbocycles. The van der Waals surface area contributed by atoms with E-state index in [-0.39, 0.29) is 57.0 Å². The fraction of sp³-hybridized carbons (Fsp3) is 0.931. The summed E-state index contributed by atoms with van der Waals surface area (Å²) < 4.78 is 32.2. The molecule has 0 amide bonds. The Hall–Kier alpha value is 0.0448. The van der Waals surface area contributed by atoms with E-state index in [4.69, 9.17) is 0 Å². The van der Waals surface area contributed by atoms with Crippen LogP contribution in [-0.4, -0.2) is 29.7 Å². The van der Waals surface area contributed by atoms with Crippen LogP contribution in [0.4, 0.5) is 0 Å². The van der Waals surface area contributed by atoms with Crippen molar-refractivity contribution in [3.05, 3.63) is 0 Å². The molecule has 0 heterocycles. The number of carboxylic acid groups (broad SMARTS) is 2.